The highest BCUT2D eigenvalue weighted by molar-refractivity contribution is 4.95. The van der Waals surface area contributed by atoms with Crippen molar-refractivity contribution in [1.82, 2.24) is 5.32 Å². The van der Waals surface area contributed by atoms with Gasteiger partial charge in [-0.05, 0) is 75.0 Å². The molecule has 0 aliphatic heterocycles. The zero-order valence-corrected chi connectivity index (χ0v) is 13.3. The predicted octanol–water partition coefficient (Wildman–Crippen LogP) is 4.76. The Morgan fingerprint density at radius 2 is 1.84 bits per heavy atom. The third kappa shape index (κ3) is 3.17. The van der Waals surface area contributed by atoms with Crippen molar-refractivity contribution in [2.24, 2.45) is 23.2 Å². The molecule has 3 fully saturated rings. The first-order valence-electron chi connectivity index (χ1n) is 8.79. The molecular formula is C18H33N. The number of hydrogen-bond donors (Lipinski definition) is 1. The van der Waals surface area contributed by atoms with Crippen molar-refractivity contribution < 1.29 is 0 Å². The number of nitrogens with one attached hydrogen (secondary N) is 1. The maximum atomic E-state index is 4.02. The average molecular weight is 263 g/mol. The molecule has 2 bridgehead atoms. The van der Waals surface area contributed by atoms with Gasteiger partial charge in [0.05, 0.1) is 0 Å². The molecule has 3 saturated carbocycles. The summed E-state index contributed by atoms with van der Waals surface area (Å²) in [5, 5.41) is 4.02. The zero-order chi connectivity index (χ0) is 13.5. The van der Waals surface area contributed by atoms with Crippen LogP contribution in [0.3, 0.4) is 0 Å². The third-order valence-electron chi connectivity index (χ3n) is 6.51. The SMILES string of the molecule is CC(NC1CCCC(C)(C)CC1)C1CC2CCC1C2. The van der Waals surface area contributed by atoms with Gasteiger partial charge in [0.1, 0.15) is 0 Å². The highest BCUT2D eigenvalue weighted by Crippen LogP contribution is 2.49. The summed E-state index contributed by atoms with van der Waals surface area (Å²) in [6.45, 7) is 7.38. The minimum absolute atomic E-state index is 0.589. The quantitative estimate of drug-likeness (QED) is 0.724. The Morgan fingerprint density at radius 1 is 1.00 bits per heavy atom. The summed E-state index contributed by atoms with van der Waals surface area (Å²) in [5.41, 5.74) is 0.589. The van der Waals surface area contributed by atoms with Gasteiger partial charge >= 0.3 is 0 Å². The molecule has 0 saturated heterocycles. The summed E-state index contributed by atoms with van der Waals surface area (Å²) in [7, 11) is 0. The Bertz CT molecular complexity index is 309. The van der Waals surface area contributed by atoms with Crippen LogP contribution in [0.4, 0.5) is 0 Å². The van der Waals surface area contributed by atoms with Gasteiger partial charge < -0.3 is 5.32 Å². The van der Waals surface area contributed by atoms with E-state index in [2.05, 4.69) is 26.1 Å². The molecule has 3 rings (SSSR count). The predicted molar refractivity (Wildman–Crippen MR) is 82.2 cm³/mol. The van der Waals surface area contributed by atoms with Gasteiger partial charge in [-0.2, -0.15) is 0 Å². The lowest BCUT2D eigenvalue weighted by atomic mass is 9.83. The van der Waals surface area contributed by atoms with Crippen LogP contribution in [0.1, 0.15) is 78.6 Å². The smallest absolute Gasteiger partial charge is 0.00723 e. The van der Waals surface area contributed by atoms with Crippen molar-refractivity contribution in [3.63, 3.8) is 0 Å². The molecule has 0 radical (unpaired) electrons. The van der Waals surface area contributed by atoms with Crippen molar-refractivity contribution in [3.8, 4) is 0 Å². The molecule has 5 atom stereocenters. The first-order chi connectivity index (χ1) is 9.03. The second-order valence-electron chi connectivity index (χ2n) is 8.59. The lowest BCUT2D eigenvalue weighted by Crippen LogP contribution is -2.42. The van der Waals surface area contributed by atoms with Crippen molar-refractivity contribution in [2.75, 3.05) is 0 Å². The maximum absolute atomic E-state index is 4.02. The second-order valence-corrected chi connectivity index (χ2v) is 8.59. The van der Waals surface area contributed by atoms with Crippen molar-refractivity contribution >= 4 is 0 Å². The highest BCUT2D eigenvalue weighted by atomic mass is 15.0. The summed E-state index contributed by atoms with van der Waals surface area (Å²) in [6, 6.07) is 1.57. The lowest BCUT2D eigenvalue weighted by Gasteiger charge is -2.32. The fourth-order valence-corrected chi connectivity index (χ4v) is 5.23. The molecule has 3 aliphatic carbocycles. The largest absolute Gasteiger partial charge is 0.311 e. The summed E-state index contributed by atoms with van der Waals surface area (Å²) >= 11 is 0. The van der Waals surface area contributed by atoms with E-state index in [4.69, 9.17) is 0 Å². The molecule has 1 nitrogen and oxygen atoms in total. The van der Waals surface area contributed by atoms with Crippen molar-refractivity contribution in [2.45, 2.75) is 90.6 Å². The fraction of sp³-hybridized carbons (Fsp3) is 1.00. The van der Waals surface area contributed by atoms with E-state index in [0.717, 1.165) is 29.8 Å². The Labute approximate surface area is 119 Å². The topological polar surface area (TPSA) is 12.0 Å². The molecule has 0 aromatic rings. The third-order valence-corrected chi connectivity index (χ3v) is 6.51. The maximum Gasteiger partial charge on any atom is 0.00723 e. The first kappa shape index (κ1) is 13.9. The van der Waals surface area contributed by atoms with Crippen molar-refractivity contribution in [1.29, 1.82) is 0 Å². The van der Waals surface area contributed by atoms with Crippen LogP contribution >= 0.6 is 0 Å². The molecule has 1 N–H and O–H groups in total. The first-order valence-corrected chi connectivity index (χ1v) is 8.79. The van der Waals surface area contributed by atoms with E-state index >= 15 is 0 Å². The van der Waals surface area contributed by atoms with Gasteiger partial charge in [-0.1, -0.05) is 26.7 Å². The summed E-state index contributed by atoms with van der Waals surface area (Å²) in [4.78, 5) is 0. The number of hydrogen-bond acceptors (Lipinski definition) is 1. The van der Waals surface area contributed by atoms with Crippen LogP contribution in [-0.2, 0) is 0 Å². The Kier molecular flexibility index (Phi) is 3.95. The second kappa shape index (κ2) is 5.39. The van der Waals surface area contributed by atoms with Gasteiger partial charge in [-0.15, -0.1) is 0 Å². The molecule has 0 aromatic heterocycles. The van der Waals surface area contributed by atoms with E-state index in [0.29, 0.717) is 5.41 Å². The van der Waals surface area contributed by atoms with Gasteiger partial charge in [-0.25, -0.2) is 0 Å². The van der Waals surface area contributed by atoms with E-state index < -0.39 is 0 Å². The van der Waals surface area contributed by atoms with Gasteiger partial charge in [0.2, 0.25) is 0 Å². The molecule has 3 aliphatic rings. The van der Waals surface area contributed by atoms with Crippen LogP contribution < -0.4 is 5.32 Å². The summed E-state index contributed by atoms with van der Waals surface area (Å²) in [5.74, 6) is 3.15. The van der Waals surface area contributed by atoms with Gasteiger partial charge in [0, 0.05) is 12.1 Å². The Balaban J connectivity index is 1.51. The molecule has 0 aromatic carbocycles. The Hall–Kier alpha value is -0.0400. The number of rotatable bonds is 3. The van der Waals surface area contributed by atoms with E-state index in [-0.39, 0.29) is 0 Å². The normalized spacial score (nSPS) is 43.1. The molecule has 0 amide bonds. The molecule has 0 heterocycles. The van der Waals surface area contributed by atoms with Gasteiger partial charge in [-0.3, -0.25) is 0 Å². The minimum atomic E-state index is 0.589. The fourth-order valence-electron chi connectivity index (χ4n) is 5.23. The monoisotopic (exact) mass is 263 g/mol. The molecule has 1 heteroatoms. The summed E-state index contributed by atoms with van der Waals surface area (Å²) in [6.07, 6.45) is 13.2. The Morgan fingerprint density at radius 3 is 2.53 bits per heavy atom. The van der Waals surface area contributed by atoms with Crippen molar-refractivity contribution in [3.05, 3.63) is 0 Å². The van der Waals surface area contributed by atoms with E-state index in [1.807, 2.05) is 0 Å². The molecular weight excluding hydrogens is 230 g/mol. The van der Waals surface area contributed by atoms with Crippen LogP contribution in [0.15, 0.2) is 0 Å². The molecule has 5 unspecified atom stereocenters. The highest BCUT2D eigenvalue weighted by Gasteiger charge is 2.42. The molecule has 0 spiro atoms. The lowest BCUT2D eigenvalue weighted by molar-refractivity contribution is 0.236. The molecule has 110 valence electrons. The van der Waals surface area contributed by atoms with E-state index in [1.165, 1.54) is 51.4 Å². The minimum Gasteiger partial charge on any atom is -0.311 e. The van der Waals surface area contributed by atoms with Gasteiger partial charge in [0.25, 0.3) is 0 Å². The van der Waals surface area contributed by atoms with Crippen LogP contribution in [0.2, 0.25) is 0 Å². The average Bonchev–Trinajstić information content (AvgIpc) is 2.93. The number of fused-ring (bicyclic) bond motifs is 2. The summed E-state index contributed by atoms with van der Waals surface area (Å²) < 4.78 is 0. The van der Waals surface area contributed by atoms with Crippen LogP contribution in [0.5, 0.6) is 0 Å². The van der Waals surface area contributed by atoms with E-state index in [9.17, 15) is 0 Å². The van der Waals surface area contributed by atoms with E-state index in [1.54, 1.807) is 6.42 Å². The standard InChI is InChI=1S/C18H33N/c1-13(17-12-14-6-7-15(17)11-14)19-16-5-4-9-18(2,3)10-8-16/h13-17,19H,4-12H2,1-3H3. The van der Waals surface area contributed by atoms with Crippen LogP contribution in [-0.4, -0.2) is 12.1 Å². The van der Waals surface area contributed by atoms with Crippen LogP contribution in [0, 0.1) is 23.2 Å². The zero-order valence-electron chi connectivity index (χ0n) is 13.3. The molecule has 19 heavy (non-hydrogen) atoms. The van der Waals surface area contributed by atoms with Gasteiger partial charge in [0.15, 0.2) is 0 Å². The van der Waals surface area contributed by atoms with Crippen LogP contribution in [0.25, 0.3) is 0 Å².